The Hall–Kier alpha value is -2.01. The van der Waals surface area contributed by atoms with E-state index in [-0.39, 0.29) is 23.0 Å². The van der Waals surface area contributed by atoms with E-state index in [1.807, 2.05) is 29.2 Å². The van der Waals surface area contributed by atoms with Crippen LogP contribution in [-0.4, -0.2) is 40.0 Å². The van der Waals surface area contributed by atoms with Crippen molar-refractivity contribution < 1.29 is 9.53 Å². The van der Waals surface area contributed by atoms with E-state index in [0.29, 0.717) is 5.69 Å². The molecule has 5 nitrogen and oxygen atoms in total. The fraction of sp³-hybridized carbons (Fsp3) is 0.526. The summed E-state index contributed by atoms with van der Waals surface area (Å²) < 4.78 is 5.26. The van der Waals surface area contributed by atoms with Gasteiger partial charge in [0.1, 0.15) is 11.4 Å². The summed E-state index contributed by atoms with van der Waals surface area (Å²) >= 11 is 0. The van der Waals surface area contributed by atoms with Crippen molar-refractivity contribution in [2.45, 2.75) is 57.7 Å². The van der Waals surface area contributed by atoms with Gasteiger partial charge in [0.2, 0.25) is 0 Å². The molecule has 1 aliphatic heterocycles. The zero-order chi connectivity index (χ0) is 17.7. The summed E-state index contributed by atoms with van der Waals surface area (Å²) in [4.78, 5) is 18.5. The quantitative estimate of drug-likeness (QED) is 0.888. The number of aromatic nitrogens is 1. The van der Waals surface area contributed by atoms with Crippen LogP contribution < -0.4 is 10.5 Å². The Balaban J connectivity index is 2.01. The zero-order valence-electron chi connectivity index (χ0n) is 15.1. The van der Waals surface area contributed by atoms with Gasteiger partial charge in [-0.05, 0) is 64.8 Å². The minimum Gasteiger partial charge on any atom is -0.497 e. The number of benzene rings is 1. The highest BCUT2D eigenvalue weighted by atomic mass is 16.5. The van der Waals surface area contributed by atoms with E-state index in [4.69, 9.17) is 10.5 Å². The predicted octanol–water partition coefficient (Wildman–Crippen LogP) is 3.30. The van der Waals surface area contributed by atoms with Crippen molar-refractivity contribution in [2.24, 2.45) is 5.73 Å². The van der Waals surface area contributed by atoms with E-state index in [1.165, 1.54) is 0 Å². The third kappa shape index (κ3) is 2.77. The number of piperidine rings is 1. The topological polar surface area (TPSA) is 71.4 Å². The summed E-state index contributed by atoms with van der Waals surface area (Å²) in [5.74, 6) is 0.803. The summed E-state index contributed by atoms with van der Waals surface area (Å²) in [6, 6.07) is 7.78. The molecule has 0 radical (unpaired) electrons. The average Bonchev–Trinajstić information content (AvgIpc) is 2.86. The summed E-state index contributed by atoms with van der Waals surface area (Å²) in [5, 5.41) is 0.974. The fourth-order valence-electron chi connectivity index (χ4n) is 4.38. The highest BCUT2D eigenvalue weighted by molar-refractivity contribution is 5.99. The molecule has 0 bridgehead atoms. The minimum atomic E-state index is -0.284. The highest BCUT2D eigenvalue weighted by Crippen LogP contribution is 2.39. The number of likely N-dealkylation sites (tertiary alicyclic amines) is 1. The molecule has 2 heterocycles. The van der Waals surface area contributed by atoms with Crippen LogP contribution in [0.25, 0.3) is 10.9 Å². The second-order valence-corrected chi connectivity index (χ2v) is 8.07. The van der Waals surface area contributed by atoms with Gasteiger partial charge in [0.05, 0.1) is 7.11 Å². The maximum absolute atomic E-state index is 13.3. The Morgan fingerprint density at radius 1 is 1.21 bits per heavy atom. The SMILES string of the molecule is COc1ccc2[nH]c(C(=O)N3C(C)(C)CC(N)CC3(C)C)cc2c1. The van der Waals surface area contributed by atoms with Crippen LogP contribution in [0.3, 0.4) is 0 Å². The average molecular weight is 329 g/mol. The van der Waals surface area contributed by atoms with Gasteiger partial charge in [0, 0.05) is 28.0 Å². The molecule has 1 aromatic carbocycles. The maximum Gasteiger partial charge on any atom is 0.271 e. The van der Waals surface area contributed by atoms with Gasteiger partial charge in [-0.2, -0.15) is 0 Å². The van der Waals surface area contributed by atoms with Crippen LogP contribution in [-0.2, 0) is 0 Å². The van der Waals surface area contributed by atoms with Crippen molar-refractivity contribution in [3.63, 3.8) is 0 Å². The van der Waals surface area contributed by atoms with Gasteiger partial charge in [0.25, 0.3) is 5.91 Å². The lowest BCUT2D eigenvalue weighted by molar-refractivity contribution is -0.0175. The van der Waals surface area contributed by atoms with Gasteiger partial charge in [0.15, 0.2) is 0 Å². The molecular formula is C19H27N3O2. The third-order valence-electron chi connectivity index (χ3n) is 5.00. The number of carbonyl (C=O) groups is 1. The molecule has 5 heteroatoms. The van der Waals surface area contributed by atoms with Gasteiger partial charge in [-0.1, -0.05) is 0 Å². The number of hydrogen-bond donors (Lipinski definition) is 2. The molecular weight excluding hydrogens is 302 g/mol. The Morgan fingerprint density at radius 3 is 2.42 bits per heavy atom. The number of fused-ring (bicyclic) bond motifs is 1. The van der Waals surface area contributed by atoms with E-state index in [9.17, 15) is 4.79 Å². The van der Waals surface area contributed by atoms with E-state index in [1.54, 1.807) is 7.11 Å². The molecule has 3 rings (SSSR count). The zero-order valence-corrected chi connectivity index (χ0v) is 15.1. The largest absolute Gasteiger partial charge is 0.497 e. The molecule has 0 aliphatic carbocycles. The lowest BCUT2D eigenvalue weighted by Gasteiger charge is -2.54. The number of aromatic amines is 1. The number of nitrogens with zero attached hydrogens (tertiary/aromatic N) is 1. The molecule has 3 N–H and O–H groups in total. The lowest BCUT2D eigenvalue weighted by Crippen LogP contribution is -2.65. The molecule has 2 aromatic rings. The van der Waals surface area contributed by atoms with Gasteiger partial charge >= 0.3 is 0 Å². The van der Waals surface area contributed by atoms with Crippen LogP contribution in [0.4, 0.5) is 0 Å². The van der Waals surface area contributed by atoms with Crippen molar-refractivity contribution >= 4 is 16.8 Å². The van der Waals surface area contributed by atoms with E-state index in [2.05, 4.69) is 32.7 Å². The molecule has 1 fully saturated rings. The number of hydrogen-bond acceptors (Lipinski definition) is 3. The number of H-pyrrole nitrogens is 1. The Bertz CT molecular complexity index is 758. The molecule has 1 aliphatic rings. The fourth-order valence-corrected chi connectivity index (χ4v) is 4.38. The summed E-state index contributed by atoms with van der Waals surface area (Å²) in [7, 11) is 1.64. The number of ether oxygens (including phenoxy) is 1. The standard InChI is InChI=1S/C19H27N3O2/c1-18(2)10-13(20)11-19(3,4)22(18)17(23)16-9-12-8-14(24-5)6-7-15(12)21-16/h6-9,13,21H,10-11,20H2,1-5H3. The molecule has 1 saturated heterocycles. The van der Waals surface area contributed by atoms with Crippen LogP contribution in [0.5, 0.6) is 5.75 Å². The predicted molar refractivity (Wildman–Crippen MR) is 96.4 cm³/mol. The van der Waals surface area contributed by atoms with Crippen LogP contribution >= 0.6 is 0 Å². The number of methoxy groups -OCH3 is 1. The normalized spacial score (nSPS) is 20.3. The van der Waals surface area contributed by atoms with Crippen molar-refractivity contribution in [1.82, 2.24) is 9.88 Å². The Morgan fingerprint density at radius 2 is 1.83 bits per heavy atom. The smallest absolute Gasteiger partial charge is 0.271 e. The second kappa shape index (κ2) is 5.52. The molecule has 0 spiro atoms. The molecule has 130 valence electrons. The second-order valence-electron chi connectivity index (χ2n) is 8.07. The highest BCUT2D eigenvalue weighted by Gasteiger charge is 2.47. The number of nitrogens with two attached hydrogens (primary N) is 1. The molecule has 1 amide bonds. The van der Waals surface area contributed by atoms with Gasteiger partial charge < -0.3 is 20.4 Å². The molecule has 0 unspecified atom stereocenters. The maximum atomic E-state index is 13.3. The molecule has 1 aromatic heterocycles. The minimum absolute atomic E-state index is 0.0204. The first kappa shape index (κ1) is 16.8. The van der Waals surface area contributed by atoms with Crippen molar-refractivity contribution in [2.75, 3.05) is 7.11 Å². The first-order valence-corrected chi connectivity index (χ1v) is 8.41. The van der Waals surface area contributed by atoms with Crippen molar-refractivity contribution in [3.05, 3.63) is 30.0 Å². The van der Waals surface area contributed by atoms with E-state index < -0.39 is 0 Å². The van der Waals surface area contributed by atoms with Gasteiger partial charge in [-0.3, -0.25) is 4.79 Å². The first-order chi connectivity index (χ1) is 11.1. The van der Waals surface area contributed by atoms with Crippen molar-refractivity contribution in [1.29, 1.82) is 0 Å². The summed E-state index contributed by atoms with van der Waals surface area (Å²) in [6.45, 7) is 8.38. The van der Waals surface area contributed by atoms with Crippen LogP contribution in [0, 0.1) is 0 Å². The van der Waals surface area contributed by atoms with Crippen LogP contribution in [0.2, 0.25) is 0 Å². The molecule has 24 heavy (non-hydrogen) atoms. The Kier molecular flexibility index (Phi) is 3.87. The lowest BCUT2D eigenvalue weighted by atomic mass is 9.77. The summed E-state index contributed by atoms with van der Waals surface area (Å²) in [5.41, 5.74) is 7.19. The van der Waals surface area contributed by atoms with Crippen molar-refractivity contribution in [3.8, 4) is 5.75 Å². The number of amides is 1. The monoisotopic (exact) mass is 329 g/mol. The number of rotatable bonds is 2. The molecule has 0 saturated carbocycles. The van der Waals surface area contributed by atoms with Crippen LogP contribution in [0.15, 0.2) is 24.3 Å². The third-order valence-corrected chi connectivity index (χ3v) is 5.00. The Labute approximate surface area is 143 Å². The van der Waals surface area contributed by atoms with Crippen LogP contribution in [0.1, 0.15) is 51.0 Å². The first-order valence-electron chi connectivity index (χ1n) is 8.41. The number of nitrogens with one attached hydrogen (secondary N) is 1. The van der Waals surface area contributed by atoms with Gasteiger partial charge in [-0.25, -0.2) is 0 Å². The van der Waals surface area contributed by atoms with Gasteiger partial charge in [-0.15, -0.1) is 0 Å². The summed E-state index contributed by atoms with van der Waals surface area (Å²) in [6.07, 6.45) is 1.60. The van der Waals surface area contributed by atoms with E-state index in [0.717, 1.165) is 29.5 Å². The molecule has 0 atom stereocenters. The number of carbonyl (C=O) groups excluding carboxylic acids is 1. The van der Waals surface area contributed by atoms with E-state index >= 15 is 0 Å².